The van der Waals surface area contributed by atoms with Crippen molar-refractivity contribution in [1.29, 1.82) is 0 Å². The highest BCUT2D eigenvalue weighted by Crippen LogP contribution is 2.24. The molecule has 2 rings (SSSR count). The third-order valence-corrected chi connectivity index (χ3v) is 2.62. The molecule has 0 amide bonds. The van der Waals surface area contributed by atoms with Crippen LogP contribution in [0.2, 0.25) is 10.3 Å². The van der Waals surface area contributed by atoms with Gasteiger partial charge in [0, 0.05) is 14.1 Å². The molecular weight excluding hydrogens is 273 g/mol. The second kappa shape index (κ2) is 5.37. The van der Waals surface area contributed by atoms with Crippen LogP contribution in [0.4, 0.5) is 17.6 Å². The van der Waals surface area contributed by atoms with Crippen molar-refractivity contribution >= 4 is 40.8 Å². The molecule has 0 aliphatic rings. The SMILES string of the molecule is CN(C)c1nc(Cl)nc(Nc2ccccc2Cl)n1. The first-order valence-electron chi connectivity index (χ1n) is 5.16. The molecule has 1 N–H and O–H groups in total. The monoisotopic (exact) mass is 283 g/mol. The maximum atomic E-state index is 6.04. The van der Waals surface area contributed by atoms with E-state index in [1.54, 1.807) is 11.0 Å². The van der Waals surface area contributed by atoms with Gasteiger partial charge in [0.25, 0.3) is 0 Å². The Bertz CT molecular complexity index is 559. The standard InChI is InChI=1S/C11H11Cl2N5/c1-18(2)11-16-9(13)15-10(17-11)14-8-6-4-3-5-7(8)12/h3-6H,1-2H3,(H,14,15,16,17). The van der Waals surface area contributed by atoms with E-state index in [9.17, 15) is 0 Å². The van der Waals surface area contributed by atoms with Crippen molar-refractivity contribution < 1.29 is 0 Å². The van der Waals surface area contributed by atoms with E-state index in [4.69, 9.17) is 23.2 Å². The van der Waals surface area contributed by atoms with E-state index in [1.807, 2.05) is 32.3 Å². The number of benzene rings is 1. The van der Waals surface area contributed by atoms with Crippen LogP contribution in [0.15, 0.2) is 24.3 Å². The molecule has 0 saturated carbocycles. The lowest BCUT2D eigenvalue weighted by Gasteiger charge is -2.12. The van der Waals surface area contributed by atoms with Crippen LogP contribution in [0.3, 0.4) is 0 Å². The van der Waals surface area contributed by atoms with Crippen molar-refractivity contribution in [2.75, 3.05) is 24.3 Å². The summed E-state index contributed by atoms with van der Waals surface area (Å²) >= 11 is 11.9. The predicted molar refractivity (Wildman–Crippen MR) is 73.9 cm³/mol. The fraction of sp³-hybridized carbons (Fsp3) is 0.182. The lowest BCUT2D eigenvalue weighted by Crippen LogP contribution is -2.14. The number of rotatable bonds is 3. The summed E-state index contributed by atoms with van der Waals surface area (Å²) in [6.45, 7) is 0. The minimum Gasteiger partial charge on any atom is -0.347 e. The summed E-state index contributed by atoms with van der Waals surface area (Å²) in [6, 6.07) is 7.32. The zero-order valence-corrected chi connectivity index (χ0v) is 11.4. The molecule has 7 heteroatoms. The van der Waals surface area contributed by atoms with E-state index in [0.29, 0.717) is 22.6 Å². The Kier molecular flexibility index (Phi) is 3.84. The summed E-state index contributed by atoms with van der Waals surface area (Å²) in [5.41, 5.74) is 0.714. The average Bonchev–Trinajstić information content (AvgIpc) is 2.31. The summed E-state index contributed by atoms with van der Waals surface area (Å²) in [7, 11) is 3.65. The Morgan fingerprint density at radius 2 is 1.78 bits per heavy atom. The molecule has 0 radical (unpaired) electrons. The molecule has 2 aromatic rings. The maximum absolute atomic E-state index is 6.04. The second-order valence-corrected chi connectivity index (χ2v) is 4.47. The van der Waals surface area contributed by atoms with E-state index in [-0.39, 0.29) is 5.28 Å². The summed E-state index contributed by atoms with van der Waals surface area (Å²) in [5.74, 6) is 0.830. The highest BCUT2D eigenvalue weighted by Gasteiger charge is 2.08. The number of aromatic nitrogens is 3. The molecule has 5 nitrogen and oxygen atoms in total. The zero-order valence-electron chi connectivity index (χ0n) is 9.85. The normalized spacial score (nSPS) is 10.2. The van der Waals surface area contributed by atoms with Crippen molar-refractivity contribution in [2.45, 2.75) is 0 Å². The van der Waals surface area contributed by atoms with Gasteiger partial charge in [-0.1, -0.05) is 23.7 Å². The molecule has 1 aromatic carbocycles. The fourth-order valence-electron chi connectivity index (χ4n) is 1.28. The second-order valence-electron chi connectivity index (χ2n) is 3.73. The Morgan fingerprint density at radius 3 is 2.44 bits per heavy atom. The quantitative estimate of drug-likeness (QED) is 0.939. The first kappa shape index (κ1) is 12.9. The predicted octanol–water partition coefficient (Wildman–Crippen LogP) is 2.99. The average molecular weight is 284 g/mol. The van der Waals surface area contributed by atoms with Crippen LogP contribution in [0.25, 0.3) is 0 Å². The number of nitrogens with one attached hydrogen (secondary N) is 1. The topological polar surface area (TPSA) is 53.9 Å². The number of hydrogen-bond acceptors (Lipinski definition) is 5. The number of para-hydroxylation sites is 1. The summed E-state index contributed by atoms with van der Waals surface area (Å²) < 4.78 is 0. The number of anilines is 3. The van der Waals surface area contributed by atoms with Gasteiger partial charge in [-0.15, -0.1) is 0 Å². The Balaban J connectivity index is 2.32. The molecule has 0 bridgehead atoms. The summed E-state index contributed by atoms with van der Waals surface area (Å²) in [6.07, 6.45) is 0. The first-order chi connectivity index (χ1) is 8.56. The van der Waals surface area contributed by atoms with Gasteiger partial charge in [0.15, 0.2) is 0 Å². The van der Waals surface area contributed by atoms with Crippen molar-refractivity contribution in [1.82, 2.24) is 15.0 Å². The van der Waals surface area contributed by atoms with Gasteiger partial charge in [-0.05, 0) is 23.7 Å². The molecule has 1 heterocycles. The molecule has 0 spiro atoms. The fourth-order valence-corrected chi connectivity index (χ4v) is 1.62. The zero-order chi connectivity index (χ0) is 13.1. The van der Waals surface area contributed by atoms with Gasteiger partial charge in [0.2, 0.25) is 17.2 Å². The minimum absolute atomic E-state index is 0.128. The lowest BCUT2D eigenvalue weighted by atomic mass is 10.3. The van der Waals surface area contributed by atoms with Crippen molar-refractivity contribution in [2.24, 2.45) is 0 Å². The molecule has 0 saturated heterocycles. The van der Waals surface area contributed by atoms with Gasteiger partial charge in [0.1, 0.15) is 0 Å². The summed E-state index contributed by atoms with van der Waals surface area (Å²) in [4.78, 5) is 14.0. The first-order valence-corrected chi connectivity index (χ1v) is 5.92. The maximum Gasteiger partial charge on any atom is 0.233 e. The number of halogens is 2. The van der Waals surface area contributed by atoms with E-state index in [0.717, 1.165) is 0 Å². The van der Waals surface area contributed by atoms with Gasteiger partial charge in [-0.2, -0.15) is 15.0 Å². The highest BCUT2D eigenvalue weighted by molar-refractivity contribution is 6.33. The van der Waals surface area contributed by atoms with Gasteiger partial charge in [-0.25, -0.2) is 0 Å². The lowest BCUT2D eigenvalue weighted by molar-refractivity contribution is 0.961. The highest BCUT2D eigenvalue weighted by atomic mass is 35.5. The van der Waals surface area contributed by atoms with Crippen LogP contribution in [0, 0.1) is 0 Å². The van der Waals surface area contributed by atoms with Crippen molar-refractivity contribution in [3.05, 3.63) is 34.6 Å². The van der Waals surface area contributed by atoms with Crippen molar-refractivity contribution in [3.63, 3.8) is 0 Å². The largest absolute Gasteiger partial charge is 0.347 e. The Morgan fingerprint density at radius 1 is 1.06 bits per heavy atom. The Labute approximate surface area is 115 Å². The molecule has 18 heavy (non-hydrogen) atoms. The van der Waals surface area contributed by atoms with Crippen LogP contribution >= 0.6 is 23.2 Å². The van der Waals surface area contributed by atoms with Crippen LogP contribution < -0.4 is 10.2 Å². The van der Waals surface area contributed by atoms with Gasteiger partial charge >= 0.3 is 0 Å². The molecule has 94 valence electrons. The Hall–Kier alpha value is -1.59. The summed E-state index contributed by atoms with van der Waals surface area (Å²) in [5, 5.41) is 3.71. The minimum atomic E-state index is 0.128. The van der Waals surface area contributed by atoms with Crippen LogP contribution in [0.1, 0.15) is 0 Å². The van der Waals surface area contributed by atoms with Gasteiger partial charge in [-0.3, -0.25) is 0 Å². The van der Waals surface area contributed by atoms with Crippen LogP contribution in [-0.4, -0.2) is 29.0 Å². The van der Waals surface area contributed by atoms with E-state index < -0.39 is 0 Å². The molecule has 0 unspecified atom stereocenters. The van der Waals surface area contributed by atoms with E-state index >= 15 is 0 Å². The molecule has 0 fully saturated rings. The van der Waals surface area contributed by atoms with E-state index in [1.165, 1.54) is 0 Å². The van der Waals surface area contributed by atoms with E-state index in [2.05, 4.69) is 20.3 Å². The number of hydrogen-bond donors (Lipinski definition) is 1. The van der Waals surface area contributed by atoms with Gasteiger partial charge in [0.05, 0.1) is 10.7 Å². The molecular formula is C11H11Cl2N5. The van der Waals surface area contributed by atoms with Gasteiger partial charge < -0.3 is 10.2 Å². The van der Waals surface area contributed by atoms with Crippen LogP contribution in [-0.2, 0) is 0 Å². The van der Waals surface area contributed by atoms with Crippen molar-refractivity contribution in [3.8, 4) is 0 Å². The molecule has 0 aliphatic heterocycles. The van der Waals surface area contributed by atoms with Crippen LogP contribution in [0.5, 0.6) is 0 Å². The third kappa shape index (κ3) is 3.00. The molecule has 0 atom stereocenters. The molecule has 0 aliphatic carbocycles. The molecule has 1 aromatic heterocycles. The third-order valence-electron chi connectivity index (χ3n) is 2.12. The number of nitrogens with zero attached hydrogens (tertiary/aromatic N) is 4. The smallest absolute Gasteiger partial charge is 0.233 e.